The van der Waals surface area contributed by atoms with Crippen LogP contribution in [0.1, 0.15) is 28.5 Å². The Labute approximate surface area is 118 Å². The molecule has 1 aromatic carbocycles. The van der Waals surface area contributed by atoms with E-state index < -0.39 is 0 Å². The standard InChI is InChI=1S/C16H20N2S/c17-15(13-4-2-1-3-5-13)6-9-18-10-7-16-14(12-18)8-11-19-16/h1-5,8,11,15H,6-7,9-10,12,17H2. The number of thiophene rings is 1. The molecule has 0 fully saturated rings. The van der Waals surface area contributed by atoms with Gasteiger partial charge in [-0.25, -0.2) is 0 Å². The van der Waals surface area contributed by atoms with Crippen molar-refractivity contribution in [3.63, 3.8) is 0 Å². The molecule has 0 bridgehead atoms. The van der Waals surface area contributed by atoms with Gasteiger partial charge in [0.1, 0.15) is 0 Å². The Morgan fingerprint density at radius 3 is 2.89 bits per heavy atom. The van der Waals surface area contributed by atoms with Crippen molar-refractivity contribution in [2.45, 2.75) is 25.4 Å². The van der Waals surface area contributed by atoms with Crippen molar-refractivity contribution in [1.29, 1.82) is 0 Å². The zero-order chi connectivity index (χ0) is 13.1. The lowest BCUT2D eigenvalue weighted by molar-refractivity contribution is 0.246. The van der Waals surface area contributed by atoms with E-state index in [-0.39, 0.29) is 6.04 Å². The van der Waals surface area contributed by atoms with Crippen molar-refractivity contribution in [3.8, 4) is 0 Å². The van der Waals surface area contributed by atoms with Gasteiger partial charge in [-0.05, 0) is 35.4 Å². The fourth-order valence-corrected chi connectivity index (χ4v) is 3.58. The second-order valence-electron chi connectivity index (χ2n) is 5.20. The van der Waals surface area contributed by atoms with E-state index in [0.717, 1.165) is 19.5 Å². The molecular formula is C16H20N2S. The topological polar surface area (TPSA) is 29.3 Å². The molecule has 1 aromatic heterocycles. The quantitative estimate of drug-likeness (QED) is 0.926. The molecule has 0 saturated heterocycles. The van der Waals surface area contributed by atoms with Crippen LogP contribution in [-0.2, 0) is 13.0 Å². The third-order valence-corrected chi connectivity index (χ3v) is 4.89. The van der Waals surface area contributed by atoms with Gasteiger partial charge in [0, 0.05) is 30.6 Å². The number of nitrogens with two attached hydrogens (primary N) is 1. The van der Waals surface area contributed by atoms with Crippen LogP contribution in [-0.4, -0.2) is 18.0 Å². The number of rotatable bonds is 4. The molecule has 0 amide bonds. The summed E-state index contributed by atoms with van der Waals surface area (Å²) in [5.74, 6) is 0. The van der Waals surface area contributed by atoms with Crippen LogP contribution in [0.15, 0.2) is 41.8 Å². The van der Waals surface area contributed by atoms with Crippen molar-refractivity contribution in [2.24, 2.45) is 5.73 Å². The number of hydrogen-bond acceptors (Lipinski definition) is 3. The highest BCUT2D eigenvalue weighted by Crippen LogP contribution is 2.24. The highest BCUT2D eigenvalue weighted by Gasteiger charge is 2.17. The van der Waals surface area contributed by atoms with Gasteiger partial charge in [0.2, 0.25) is 0 Å². The molecule has 0 radical (unpaired) electrons. The van der Waals surface area contributed by atoms with Gasteiger partial charge in [0.15, 0.2) is 0 Å². The fourth-order valence-electron chi connectivity index (χ4n) is 2.69. The van der Waals surface area contributed by atoms with Gasteiger partial charge < -0.3 is 5.73 Å². The summed E-state index contributed by atoms with van der Waals surface area (Å²) in [5.41, 5.74) is 9.03. The molecule has 2 aromatic rings. The second-order valence-corrected chi connectivity index (χ2v) is 6.20. The highest BCUT2D eigenvalue weighted by atomic mass is 32.1. The third kappa shape index (κ3) is 3.06. The minimum Gasteiger partial charge on any atom is -0.324 e. The first-order chi connectivity index (χ1) is 9.33. The first-order valence-corrected chi connectivity index (χ1v) is 7.79. The van der Waals surface area contributed by atoms with Gasteiger partial charge >= 0.3 is 0 Å². The average molecular weight is 272 g/mol. The van der Waals surface area contributed by atoms with Crippen LogP contribution in [0, 0.1) is 0 Å². The smallest absolute Gasteiger partial charge is 0.0307 e. The zero-order valence-electron chi connectivity index (χ0n) is 11.1. The lowest BCUT2D eigenvalue weighted by Crippen LogP contribution is -2.32. The predicted octanol–water partition coefficient (Wildman–Crippen LogP) is 3.20. The minimum absolute atomic E-state index is 0.157. The van der Waals surface area contributed by atoms with E-state index in [1.165, 1.54) is 24.1 Å². The van der Waals surface area contributed by atoms with Gasteiger partial charge in [-0.2, -0.15) is 0 Å². The van der Waals surface area contributed by atoms with Crippen molar-refractivity contribution < 1.29 is 0 Å². The Kier molecular flexibility index (Phi) is 3.97. The summed E-state index contributed by atoms with van der Waals surface area (Å²) in [6, 6.07) is 12.8. The maximum absolute atomic E-state index is 6.26. The lowest BCUT2D eigenvalue weighted by atomic mass is 10.0. The Morgan fingerprint density at radius 1 is 1.21 bits per heavy atom. The molecule has 1 unspecified atom stereocenters. The summed E-state index contributed by atoms with van der Waals surface area (Å²) in [5, 5.41) is 2.21. The molecule has 2 heterocycles. The molecule has 1 aliphatic heterocycles. The van der Waals surface area contributed by atoms with Crippen LogP contribution in [0.4, 0.5) is 0 Å². The predicted molar refractivity (Wildman–Crippen MR) is 81.3 cm³/mol. The van der Waals surface area contributed by atoms with Crippen molar-refractivity contribution in [3.05, 3.63) is 57.8 Å². The Morgan fingerprint density at radius 2 is 2.05 bits per heavy atom. The van der Waals surface area contributed by atoms with Gasteiger partial charge in [0.05, 0.1) is 0 Å². The molecule has 19 heavy (non-hydrogen) atoms. The maximum Gasteiger partial charge on any atom is 0.0307 e. The fraction of sp³-hybridized carbons (Fsp3) is 0.375. The monoisotopic (exact) mass is 272 g/mol. The van der Waals surface area contributed by atoms with Gasteiger partial charge in [-0.3, -0.25) is 4.90 Å². The summed E-state index contributed by atoms with van der Waals surface area (Å²) in [4.78, 5) is 4.10. The molecule has 2 nitrogen and oxygen atoms in total. The van der Waals surface area contributed by atoms with E-state index in [1.807, 2.05) is 17.4 Å². The summed E-state index contributed by atoms with van der Waals surface area (Å²) in [6.45, 7) is 3.36. The van der Waals surface area contributed by atoms with Crippen LogP contribution >= 0.6 is 11.3 Å². The molecule has 0 saturated carbocycles. The van der Waals surface area contributed by atoms with E-state index in [9.17, 15) is 0 Å². The molecule has 0 aliphatic carbocycles. The molecule has 1 atom stereocenters. The Hall–Kier alpha value is -1.16. The summed E-state index contributed by atoms with van der Waals surface area (Å²) in [6.07, 6.45) is 2.23. The third-order valence-electron chi connectivity index (χ3n) is 3.87. The van der Waals surface area contributed by atoms with E-state index in [2.05, 4.69) is 40.6 Å². The highest BCUT2D eigenvalue weighted by molar-refractivity contribution is 7.10. The van der Waals surface area contributed by atoms with Gasteiger partial charge in [-0.15, -0.1) is 11.3 Å². The average Bonchev–Trinajstić information content (AvgIpc) is 2.93. The number of nitrogens with zero attached hydrogens (tertiary/aromatic N) is 1. The van der Waals surface area contributed by atoms with Crippen LogP contribution in [0.25, 0.3) is 0 Å². The normalized spacial score (nSPS) is 17.1. The first kappa shape index (κ1) is 12.9. The van der Waals surface area contributed by atoms with Gasteiger partial charge in [0.25, 0.3) is 0 Å². The van der Waals surface area contributed by atoms with E-state index >= 15 is 0 Å². The largest absolute Gasteiger partial charge is 0.324 e. The van der Waals surface area contributed by atoms with Crippen molar-refractivity contribution in [1.82, 2.24) is 4.90 Å². The maximum atomic E-state index is 6.26. The second kappa shape index (κ2) is 5.87. The molecule has 3 heteroatoms. The summed E-state index contributed by atoms with van der Waals surface area (Å²) in [7, 11) is 0. The molecule has 2 N–H and O–H groups in total. The van der Waals surface area contributed by atoms with E-state index in [0.29, 0.717) is 0 Å². The van der Waals surface area contributed by atoms with Crippen LogP contribution in [0.3, 0.4) is 0 Å². The van der Waals surface area contributed by atoms with E-state index in [1.54, 1.807) is 4.88 Å². The van der Waals surface area contributed by atoms with Crippen LogP contribution in [0.2, 0.25) is 0 Å². The van der Waals surface area contributed by atoms with Crippen LogP contribution in [0.5, 0.6) is 0 Å². The number of fused-ring (bicyclic) bond motifs is 1. The molecule has 100 valence electrons. The zero-order valence-corrected chi connectivity index (χ0v) is 11.9. The molecule has 1 aliphatic rings. The Bertz CT molecular complexity index is 521. The number of hydrogen-bond donors (Lipinski definition) is 1. The SMILES string of the molecule is NC(CCN1CCc2sccc2C1)c1ccccc1. The minimum atomic E-state index is 0.157. The summed E-state index contributed by atoms with van der Waals surface area (Å²) >= 11 is 1.90. The molecular weight excluding hydrogens is 252 g/mol. The molecule has 0 spiro atoms. The van der Waals surface area contributed by atoms with E-state index in [4.69, 9.17) is 5.73 Å². The Balaban J connectivity index is 1.54. The van der Waals surface area contributed by atoms with Crippen molar-refractivity contribution >= 4 is 11.3 Å². The lowest BCUT2D eigenvalue weighted by Gasteiger charge is -2.27. The van der Waals surface area contributed by atoms with Gasteiger partial charge in [-0.1, -0.05) is 30.3 Å². The summed E-state index contributed by atoms with van der Waals surface area (Å²) < 4.78 is 0. The molecule has 3 rings (SSSR count). The van der Waals surface area contributed by atoms with Crippen molar-refractivity contribution in [2.75, 3.05) is 13.1 Å². The first-order valence-electron chi connectivity index (χ1n) is 6.91. The van der Waals surface area contributed by atoms with Crippen LogP contribution < -0.4 is 5.73 Å². The number of benzene rings is 1.